The predicted molar refractivity (Wildman–Crippen MR) is 77.3 cm³/mol. The first-order chi connectivity index (χ1) is 9.49. The van der Waals surface area contributed by atoms with Crippen LogP contribution >= 0.6 is 0 Å². The predicted octanol–water partition coefficient (Wildman–Crippen LogP) is 1.97. The molecule has 4 nitrogen and oxygen atoms in total. The van der Waals surface area contributed by atoms with Crippen molar-refractivity contribution >= 4 is 16.8 Å². The number of halogens is 1. The Balaban J connectivity index is 2.33. The van der Waals surface area contributed by atoms with E-state index in [-0.39, 0.29) is 11.4 Å². The number of carbonyl (C=O) groups is 1. The molecule has 0 atom stereocenters. The molecule has 0 aliphatic carbocycles. The lowest BCUT2D eigenvalue weighted by Gasteiger charge is -2.12. The fourth-order valence-electron chi connectivity index (χ4n) is 2.02. The van der Waals surface area contributed by atoms with E-state index < -0.39 is 5.82 Å². The maximum atomic E-state index is 13.8. The van der Waals surface area contributed by atoms with Crippen molar-refractivity contribution in [3.63, 3.8) is 0 Å². The average Bonchev–Trinajstić information content (AvgIpc) is 2.38. The second-order valence-electron chi connectivity index (χ2n) is 5.01. The van der Waals surface area contributed by atoms with E-state index in [0.29, 0.717) is 23.2 Å². The molecule has 0 radical (unpaired) electrons. The number of benzene rings is 1. The summed E-state index contributed by atoms with van der Waals surface area (Å²) in [6.07, 6.45) is 0. The van der Waals surface area contributed by atoms with Crippen molar-refractivity contribution in [3.8, 4) is 0 Å². The Morgan fingerprint density at radius 2 is 2.15 bits per heavy atom. The standard InChI is InChI=1S/C15H18FN3O/c1-10-9-12(15(20)17-7-8-19(2)3)11-5-4-6-13(16)14(11)18-10/h4-6,9H,7-8H2,1-3H3,(H,17,20). The van der Waals surface area contributed by atoms with Crippen LogP contribution in [0.25, 0.3) is 10.9 Å². The number of para-hydroxylation sites is 1. The molecule has 0 bridgehead atoms. The summed E-state index contributed by atoms with van der Waals surface area (Å²) in [6, 6.07) is 6.34. The summed E-state index contributed by atoms with van der Waals surface area (Å²) in [6.45, 7) is 3.05. The number of hydrogen-bond acceptors (Lipinski definition) is 3. The number of nitrogens with zero attached hydrogens (tertiary/aromatic N) is 2. The highest BCUT2D eigenvalue weighted by atomic mass is 19.1. The number of likely N-dealkylation sites (N-methyl/N-ethyl adjacent to an activating group) is 1. The van der Waals surface area contributed by atoms with Gasteiger partial charge in [-0.1, -0.05) is 12.1 Å². The molecule has 20 heavy (non-hydrogen) atoms. The number of pyridine rings is 1. The zero-order valence-corrected chi connectivity index (χ0v) is 11.9. The summed E-state index contributed by atoms with van der Waals surface area (Å²) in [5, 5.41) is 3.38. The van der Waals surface area contributed by atoms with Crippen LogP contribution in [-0.2, 0) is 0 Å². The molecular formula is C15H18FN3O. The number of amides is 1. The SMILES string of the molecule is Cc1cc(C(=O)NCCN(C)C)c2cccc(F)c2n1. The molecule has 0 unspecified atom stereocenters. The van der Waals surface area contributed by atoms with Gasteiger partial charge in [0.2, 0.25) is 0 Å². The molecule has 1 N–H and O–H groups in total. The molecule has 0 saturated heterocycles. The Morgan fingerprint density at radius 1 is 1.40 bits per heavy atom. The Bertz CT molecular complexity index is 640. The molecule has 0 aliphatic rings. The maximum Gasteiger partial charge on any atom is 0.252 e. The highest BCUT2D eigenvalue weighted by molar-refractivity contribution is 6.06. The first-order valence-electron chi connectivity index (χ1n) is 6.48. The third-order valence-corrected chi connectivity index (χ3v) is 3.01. The Kier molecular flexibility index (Phi) is 4.29. The maximum absolute atomic E-state index is 13.8. The molecule has 2 rings (SSSR count). The Hall–Kier alpha value is -2.01. The van der Waals surface area contributed by atoms with Crippen LogP contribution in [-0.4, -0.2) is 43.0 Å². The normalized spacial score (nSPS) is 11.1. The molecule has 5 heteroatoms. The second-order valence-corrected chi connectivity index (χ2v) is 5.01. The molecule has 1 heterocycles. The lowest BCUT2D eigenvalue weighted by Crippen LogP contribution is -2.31. The van der Waals surface area contributed by atoms with Crippen molar-refractivity contribution in [1.82, 2.24) is 15.2 Å². The number of hydrogen-bond donors (Lipinski definition) is 1. The van der Waals surface area contributed by atoms with Crippen molar-refractivity contribution < 1.29 is 9.18 Å². The lowest BCUT2D eigenvalue weighted by molar-refractivity contribution is 0.0952. The minimum absolute atomic E-state index is 0.201. The third kappa shape index (κ3) is 3.11. The largest absolute Gasteiger partial charge is 0.351 e. The van der Waals surface area contributed by atoms with Crippen molar-refractivity contribution in [2.75, 3.05) is 27.2 Å². The molecule has 2 aromatic rings. The highest BCUT2D eigenvalue weighted by Gasteiger charge is 2.13. The van der Waals surface area contributed by atoms with Gasteiger partial charge in [-0.15, -0.1) is 0 Å². The smallest absolute Gasteiger partial charge is 0.252 e. The van der Waals surface area contributed by atoms with E-state index >= 15 is 0 Å². The van der Waals surface area contributed by atoms with E-state index in [4.69, 9.17) is 0 Å². The van der Waals surface area contributed by atoms with Gasteiger partial charge in [0.05, 0.1) is 5.56 Å². The summed E-state index contributed by atoms with van der Waals surface area (Å²) < 4.78 is 13.8. The van der Waals surface area contributed by atoms with E-state index in [1.54, 1.807) is 25.1 Å². The van der Waals surface area contributed by atoms with Gasteiger partial charge in [-0.25, -0.2) is 9.37 Å². The van der Waals surface area contributed by atoms with Gasteiger partial charge in [-0.2, -0.15) is 0 Å². The number of carbonyl (C=O) groups excluding carboxylic acids is 1. The van der Waals surface area contributed by atoms with Crippen LogP contribution in [0, 0.1) is 12.7 Å². The number of aryl methyl sites for hydroxylation is 1. The minimum Gasteiger partial charge on any atom is -0.351 e. The lowest BCUT2D eigenvalue weighted by atomic mass is 10.1. The molecular weight excluding hydrogens is 257 g/mol. The number of nitrogens with one attached hydrogen (secondary N) is 1. The first-order valence-corrected chi connectivity index (χ1v) is 6.48. The van der Waals surface area contributed by atoms with Gasteiger partial charge in [0.25, 0.3) is 5.91 Å². The fourth-order valence-corrected chi connectivity index (χ4v) is 2.02. The van der Waals surface area contributed by atoms with Gasteiger partial charge in [0.15, 0.2) is 0 Å². The summed E-state index contributed by atoms with van der Waals surface area (Å²) in [5.74, 6) is -0.610. The number of rotatable bonds is 4. The van der Waals surface area contributed by atoms with Gasteiger partial charge < -0.3 is 10.2 Å². The topological polar surface area (TPSA) is 45.2 Å². The molecule has 1 aromatic heterocycles. The van der Waals surface area contributed by atoms with E-state index in [9.17, 15) is 9.18 Å². The van der Waals surface area contributed by atoms with Crippen LogP contribution in [0.1, 0.15) is 16.1 Å². The van der Waals surface area contributed by atoms with Crippen molar-refractivity contribution in [2.24, 2.45) is 0 Å². The van der Waals surface area contributed by atoms with Crippen LogP contribution < -0.4 is 5.32 Å². The molecule has 106 valence electrons. The van der Waals surface area contributed by atoms with Gasteiger partial charge in [-0.3, -0.25) is 4.79 Å². The van der Waals surface area contributed by atoms with Crippen LogP contribution in [0.2, 0.25) is 0 Å². The van der Waals surface area contributed by atoms with Crippen molar-refractivity contribution in [3.05, 3.63) is 41.3 Å². The van der Waals surface area contributed by atoms with Gasteiger partial charge >= 0.3 is 0 Å². The second kappa shape index (κ2) is 5.96. The Labute approximate surface area is 117 Å². The minimum atomic E-state index is -0.409. The van der Waals surface area contributed by atoms with E-state index in [1.165, 1.54) is 6.07 Å². The van der Waals surface area contributed by atoms with Crippen LogP contribution in [0.4, 0.5) is 4.39 Å². The highest BCUT2D eigenvalue weighted by Crippen LogP contribution is 2.20. The zero-order chi connectivity index (χ0) is 14.7. The first kappa shape index (κ1) is 14.4. The van der Waals surface area contributed by atoms with Gasteiger partial charge in [0, 0.05) is 24.2 Å². The van der Waals surface area contributed by atoms with E-state index in [1.807, 2.05) is 19.0 Å². The summed E-state index contributed by atoms with van der Waals surface area (Å²) in [7, 11) is 3.88. The molecule has 0 fully saturated rings. The van der Waals surface area contributed by atoms with Gasteiger partial charge in [0.1, 0.15) is 11.3 Å². The molecule has 0 saturated carbocycles. The zero-order valence-electron chi connectivity index (χ0n) is 11.9. The van der Waals surface area contributed by atoms with Gasteiger partial charge in [-0.05, 0) is 33.2 Å². The number of aromatic nitrogens is 1. The monoisotopic (exact) mass is 275 g/mol. The van der Waals surface area contributed by atoms with Crippen LogP contribution in [0.15, 0.2) is 24.3 Å². The average molecular weight is 275 g/mol. The third-order valence-electron chi connectivity index (χ3n) is 3.01. The van der Waals surface area contributed by atoms with Crippen molar-refractivity contribution in [2.45, 2.75) is 6.92 Å². The quantitative estimate of drug-likeness (QED) is 0.928. The van der Waals surface area contributed by atoms with Crippen LogP contribution in [0.3, 0.4) is 0 Å². The summed E-state index contributed by atoms with van der Waals surface area (Å²) >= 11 is 0. The fraction of sp³-hybridized carbons (Fsp3) is 0.333. The number of fused-ring (bicyclic) bond motifs is 1. The molecule has 0 aliphatic heterocycles. The van der Waals surface area contributed by atoms with E-state index in [0.717, 1.165) is 6.54 Å². The Morgan fingerprint density at radius 3 is 2.85 bits per heavy atom. The summed E-state index contributed by atoms with van der Waals surface area (Å²) in [4.78, 5) is 18.4. The van der Waals surface area contributed by atoms with Crippen molar-refractivity contribution in [1.29, 1.82) is 0 Å². The van der Waals surface area contributed by atoms with E-state index in [2.05, 4.69) is 10.3 Å². The molecule has 0 spiro atoms. The van der Waals surface area contributed by atoms with Crippen LogP contribution in [0.5, 0.6) is 0 Å². The molecule has 1 amide bonds. The molecule has 1 aromatic carbocycles. The summed E-state index contributed by atoms with van der Waals surface area (Å²) in [5.41, 5.74) is 1.33.